The number of nitrogens with one attached hydrogen (secondary N) is 1. The van der Waals surface area contributed by atoms with Crippen molar-refractivity contribution in [2.75, 3.05) is 25.5 Å². The lowest BCUT2D eigenvalue weighted by Gasteiger charge is -2.30. The minimum atomic E-state index is -3.80. The maximum Gasteiger partial charge on any atom is 0.255 e. The Balaban J connectivity index is 1.91. The molecule has 0 saturated carbocycles. The van der Waals surface area contributed by atoms with Crippen molar-refractivity contribution in [3.05, 3.63) is 52.0 Å². The molecule has 1 atom stereocenters. The van der Waals surface area contributed by atoms with E-state index in [2.05, 4.69) is 5.32 Å². The molecular formula is C20H22Cl2N2O4S. The van der Waals surface area contributed by atoms with Crippen molar-refractivity contribution >= 4 is 44.8 Å². The first kappa shape index (κ1) is 21.9. The van der Waals surface area contributed by atoms with Gasteiger partial charge >= 0.3 is 0 Å². The number of methoxy groups -OCH3 is 1. The average molecular weight is 457 g/mol. The molecule has 156 valence electrons. The topological polar surface area (TPSA) is 75.7 Å². The van der Waals surface area contributed by atoms with Gasteiger partial charge in [0, 0.05) is 23.7 Å². The van der Waals surface area contributed by atoms with Crippen LogP contribution in [0.2, 0.25) is 10.0 Å². The molecule has 0 spiro atoms. The van der Waals surface area contributed by atoms with Gasteiger partial charge in [-0.05, 0) is 55.2 Å². The van der Waals surface area contributed by atoms with Gasteiger partial charge in [0.2, 0.25) is 10.0 Å². The van der Waals surface area contributed by atoms with Crippen LogP contribution in [0.15, 0.2) is 41.3 Å². The van der Waals surface area contributed by atoms with Gasteiger partial charge in [0.15, 0.2) is 0 Å². The molecule has 1 unspecified atom stereocenters. The van der Waals surface area contributed by atoms with E-state index in [-0.39, 0.29) is 21.4 Å². The second-order valence-corrected chi connectivity index (χ2v) is 9.80. The first-order valence-electron chi connectivity index (χ1n) is 9.17. The van der Waals surface area contributed by atoms with E-state index >= 15 is 0 Å². The molecule has 0 bridgehead atoms. The number of amides is 1. The fourth-order valence-corrected chi connectivity index (χ4v) is 5.59. The lowest BCUT2D eigenvalue weighted by Crippen LogP contribution is -2.39. The molecule has 1 N–H and O–H groups in total. The van der Waals surface area contributed by atoms with E-state index in [1.165, 1.54) is 29.6 Å². The standard InChI is InChI=1S/C20H22Cl2N2O4S/c1-13-4-3-9-24(12-13)29(26,27)19-10-14(5-7-16(19)22)20(25)23-17-11-15(21)6-8-18(17)28-2/h5-8,10-11,13H,3-4,9,12H2,1-2H3,(H,23,25). The lowest BCUT2D eigenvalue weighted by molar-refractivity contribution is 0.102. The van der Waals surface area contributed by atoms with E-state index in [0.717, 1.165) is 12.8 Å². The summed E-state index contributed by atoms with van der Waals surface area (Å²) in [6.07, 6.45) is 1.79. The molecule has 2 aromatic carbocycles. The first-order chi connectivity index (χ1) is 13.7. The third-order valence-electron chi connectivity index (χ3n) is 4.84. The van der Waals surface area contributed by atoms with Crippen molar-refractivity contribution in [3.8, 4) is 5.75 Å². The summed E-state index contributed by atoms with van der Waals surface area (Å²) in [7, 11) is -2.32. The number of sulfonamides is 1. The van der Waals surface area contributed by atoms with Gasteiger partial charge in [-0.1, -0.05) is 30.1 Å². The summed E-state index contributed by atoms with van der Waals surface area (Å²) in [6, 6.07) is 9.04. The van der Waals surface area contributed by atoms with Crippen LogP contribution in [0.1, 0.15) is 30.1 Å². The molecule has 1 heterocycles. The Morgan fingerprint density at radius 2 is 1.97 bits per heavy atom. The van der Waals surface area contributed by atoms with Crippen LogP contribution in [0.5, 0.6) is 5.75 Å². The Morgan fingerprint density at radius 3 is 2.66 bits per heavy atom. The van der Waals surface area contributed by atoms with Crippen LogP contribution in [0.25, 0.3) is 0 Å². The van der Waals surface area contributed by atoms with E-state index in [1.54, 1.807) is 18.2 Å². The van der Waals surface area contributed by atoms with Gasteiger partial charge in [-0.2, -0.15) is 4.31 Å². The van der Waals surface area contributed by atoms with Crippen LogP contribution in [0.3, 0.4) is 0 Å². The summed E-state index contributed by atoms with van der Waals surface area (Å²) < 4.78 is 32.9. The molecule has 9 heteroatoms. The second-order valence-electron chi connectivity index (χ2n) is 7.05. The lowest BCUT2D eigenvalue weighted by atomic mass is 10.0. The number of carbonyl (C=O) groups excluding carboxylic acids is 1. The molecule has 0 aliphatic carbocycles. The normalized spacial score (nSPS) is 17.7. The monoisotopic (exact) mass is 456 g/mol. The highest BCUT2D eigenvalue weighted by molar-refractivity contribution is 7.89. The smallest absolute Gasteiger partial charge is 0.255 e. The van der Waals surface area contributed by atoms with Crippen LogP contribution in [0.4, 0.5) is 5.69 Å². The zero-order valence-electron chi connectivity index (χ0n) is 16.1. The van der Waals surface area contributed by atoms with Gasteiger partial charge in [-0.15, -0.1) is 0 Å². The summed E-state index contributed by atoms with van der Waals surface area (Å²) in [5.41, 5.74) is 0.550. The van der Waals surface area contributed by atoms with Crippen LogP contribution in [-0.4, -0.2) is 38.8 Å². The number of benzene rings is 2. The second kappa shape index (κ2) is 8.92. The fourth-order valence-electron chi connectivity index (χ4n) is 3.32. The highest BCUT2D eigenvalue weighted by atomic mass is 35.5. The van der Waals surface area contributed by atoms with Crippen LogP contribution >= 0.6 is 23.2 Å². The molecule has 1 saturated heterocycles. The average Bonchev–Trinajstić information content (AvgIpc) is 2.68. The molecule has 1 amide bonds. The van der Waals surface area contributed by atoms with E-state index in [4.69, 9.17) is 27.9 Å². The molecule has 2 aromatic rings. The zero-order valence-corrected chi connectivity index (χ0v) is 18.4. The molecular weight excluding hydrogens is 435 g/mol. The van der Waals surface area contributed by atoms with Gasteiger partial charge in [-0.25, -0.2) is 8.42 Å². The van der Waals surface area contributed by atoms with E-state index in [0.29, 0.717) is 29.5 Å². The third-order valence-corrected chi connectivity index (χ3v) is 7.42. The maximum atomic E-state index is 13.1. The van der Waals surface area contributed by atoms with E-state index in [9.17, 15) is 13.2 Å². The number of hydrogen-bond donors (Lipinski definition) is 1. The summed E-state index contributed by atoms with van der Waals surface area (Å²) in [6.45, 7) is 2.90. The molecule has 0 radical (unpaired) electrons. The Kier molecular flexibility index (Phi) is 6.73. The van der Waals surface area contributed by atoms with Crippen molar-refractivity contribution < 1.29 is 17.9 Å². The van der Waals surface area contributed by atoms with Crippen molar-refractivity contribution in [3.63, 3.8) is 0 Å². The number of rotatable bonds is 5. The third kappa shape index (κ3) is 4.86. The largest absolute Gasteiger partial charge is 0.495 e. The number of anilines is 1. The number of nitrogens with zero attached hydrogens (tertiary/aromatic N) is 1. The SMILES string of the molecule is COc1ccc(Cl)cc1NC(=O)c1ccc(Cl)c(S(=O)(=O)N2CCCC(C)C2)c1. The number of halogens is 2. The number of piperidine rings is 1. The quantitative estimate of drug-likeness (QED) is 0.708. The predicted octanol–water partition coefficient (Wildman–Crippen LogP) is 4.67. The van der Waals surface area contributed by atoms with Crippen LogP contribution < -0.4 is 10.1 Å². The molecule has 3 rings (SSSR count). The highest BCUT2D eigenvalue weighted by Gasteiger charge is 2.31. The summed E-state index contributed by atoms with van der Waals surface area (Å²) in [5, 5.41) is 3.22. The zero-order chi connectivity index (χ0) is 21.2. The van der Waals surface area contributed by atoms with Crippen molar-refractivity contribution in [1.29, 1.82) is 0 Å². The number of hydrogen-bond acceptors (Lipinski definition) is 4. The number of carbonyl (C=O) groups is 1. The maximum absolute atomic E-state index is 13.1. The fraction of sp³-hybridized carbons (Fsp3) is 0.350. The minimum Gasteiger partial charge on any atom is -0.495 e. The molecule has 6 nitrogen and oxygen atoms in total. The van der Waals surface area contributed by atoms with E-state index in [1.807, 2.05) is 6.92 Å². The summed E-state index contributed by atoms with van der Waals surface area (Å²) in [5.74, 6) is 0.219. The molecule has 0 aromatic heterocycles. The van der Waals surface area contributed by atoms with Crippen molar-refractivity contribution in [2.24, 2.45) is 5.92 Å². The molecule has 1 aliphatic rings. The van der Waals surface area contributed by atoms with Crippen LogP contribution in [0, 0.1) is 5.92 Å². The molecule has 1 aliphatic heterocycles. The van der Waals surface area contributed by atoms with Crippen LogP contribution in [-0.2, 0) is 10.0 Å². The summed E-state index contributed by atoms with van der Waals surface area (Å²) in [4.78, 5) is 12.7. The van der Waals surface area contributed by atoms with Gasteiger partial charge in [0.25, 0.3) is 5.91 Å². The Bertz CT molecular complexity index is 1030. The Morgan fingerprint density at radius 1 is 1.21 bits per heavy atom. The van der Waals surface area contributed by atoms with Gasteiger partial charge < -0.3 is 10.1 Å². The van der Waals surface area contributed by atoms with E-state index < -0.39 is 15.9 Å². The Hall–Kier alpha value is -1.80. The van der Waals surface area contributed by atoms with Gasteiger partial charge in [0.1, 0.15) is 10.6 Å². The Labute approximate surface area is 180 Å². The van der Waals surface area contributed by atoms with Crippen molar-refractivity contribution in [2.45, 2.75) is 24.7 Å². The highest BCUT2D eigenvalue weighted by Crippen LogP contribution is 2.31. The van der Waals surface area contributed by atoms with Crippen molar-refractivity contribution in [1.82, 2.24) is 4.31 Å². The molecule has 29 heavy (non-hydrogen) atoms. The molecule has 1 fully saturated rings. The first-order valence-corrected chi connectivity index (χ1v) is 11.4. The van der Waals surface area contributed by atoms with Gasteiger partial charge in [-0.3, -0.25) is 4.79 Å². The minimum absolute atomic E-state index is 0.0704. The van der Waals surface area contributed by atoms with Gasteiger partial charge in [0.05, 0.1) is 17.8 Å². The predicted molar refractivity (Wildman–Crippen MR) is 115 cm³/mol. The summed E-state index contributed by atoms with van der Waals surface area (Å²) >= 11 is 12.2. The number of ether oxygens (including phenoxy) is 1.